The average molecular weight is 400 g/mol. The van der Waals surface area contributed by atoms with Gasteiger partial charge in [0.1, 0.15) is 11.5 Å². The lowest BCUT2D eigenvalue weighted by Gasteiger charge is -2.11. The molecule has 4 nitrogen and oxygen atoms in total. The van der Waals surface area contributed by atoms with Gasteiger partial charge in [-0.1, -0.05) is 40.2 Å². The molecule has 0 atom stereocenters. The smallest absolute Gasteiger partial charge is 0.387 e. The van der Waals surface area contributed by atoms with Crippen LogP contribution in [0.3, 0.4) is 0 Å². The number of benzene rings is 2. The Morgan fingerprint density at radius 1 is 1.17 bits per heavy atom. The molecule has 0 bridgehead atoms. The Balaban J connectivity index is 1.76. The number of para-hydroxylation sites is 1. The summed E-state index contributed by atoms with van der Waals surface area (Å²) in [7, 11) is 0. The van der Waals surface area contributed by atoms with Crippen molar-refractivity contribution in [3.05, 3.63) is 58.6 Å². The van der Waals surface area contributed by atoms with E-state index in [1.54, 1.807) is 36.4 Å². The number of hydrogen-bond acceptors (Lipinski definition) is 3. The number of halogens is 3. The quantitative estimate of drug-likeness (QED) is 0.734. The summed E-state index contributed by atoms with van der Waals surface area (Å²) in [5.41, 5.74) is 0.603. The molecular formula is C17H16BrF2NO3. The maximum atomic E-state index is 12.3. The number of carbonyl (C=O) groups excluding carboxylic acids is 1. The molecule has 0 saturated carbocycles. The third-order valence-electron chi connectivity index (χ3n) is 3.07. The number of alkyl halides is 2. The van der Waals surface area contributed by atoms with Crippen molar-refractivity contribution in [1.82, 2.24) is 5.32 Å². The van der Waals surface area contributed by atoms with Crippen LogP contribution in [-0.4, -0.2) is 25.7 Å². The largest absolute Gasteiger partial charge is 0.484 e. The summed E-state index contributed by atoms with van der Waals surface area (Å²) < 4.78 is 35.3. The van der Waals surface area contributed by atoms with Gasteiger partial charge in [0.15, 0.2) is 6.61 Å². The van der Waals surface area contributed by atoms with Crippen molar-refractivity contribution in [2.75, 3.05) is 13.2 Å². The van der Waals surface area contributed by atoms with Crippen LogP contribution in [0.2, 0.25) is 0 Å². The number of amides is 1. The highest BCUT2D eigenvalue weighted by Gasteiger charge is 2.09. The van der Waals surface area contributed by atoms with Crippen LogP contribution in [0.1, 0.15) is 5.56 Å². The van der Waals surface area contributed by atoms with E-state index in [0.29, 0.717) is 24.3 Å². The number of ether oxygens (including phenoxy) is 2. The fraction of sp³-hybridized carbons (Fsp3) is 0.235. The zero-order chi connectivity index (χ0) is 17.4. The van der Waals surface area contributed by atoms with Gasteiger partial charge in [-0.15, -0.1) is 0 Å². The van der Waals surface area contributed by atoms with E-state index in [2.05, 4.69) is 26.0 Å². The summed E-state index contributed by atoms with van der Waals surface area (Å²) in [5, 5.41) is 2.68. The molecule has 0 saturated heterocycles. The zero-order valence-electron chi connectivity index (χ0n) is 12.7. The van der Waals surface area contributed by atoms with Crippen LogP contribution in [-0.2, 0) is 11.2 Å². The van der Waals surface area contributed by atoms with E-state index in [1.165, 1.54) is 6.07 Å². The van der Waals surface area contributed by atoms with Gasteiger partial charge in [-0.2, -0.15) is 8.78 Å². The predicted octanol–water partition coefficient (Wildman–Crippen LogP) is 3.79. The molecule has 2 rings (SSSR count). The van der Waals surface area contributed by atoms with Gasteiger partial charge in [-0.3, -0.25) is 4.79 Å². The fourth-order valence-electron chi connectivity index (χ4n) is 2.01. The van der Waals surface area contributed by atoms with Gasteiger partial charge >= 0.3 is 6.61 Å². The molecule has 0 aliphatic rings. The highest BCUT2D eigenvalue weighted by molar-refractivity contribution is 9.10. The molecular weight excluding hydrogens is 384 g/mol. The van der Waals surface area contributed by atoms with Gasteiger partial charge < -0.3 is 14.8 Å². The van der Waals surface area contributed by atoms with Crippen molar-refractivity contribution in [3.63, 3.8) is 0 Å². The summed E-state index contributed by atoms with van der Waals surface area (Å²) >= 11 is 3.31. The maximum absolute atomic E-state index is 12.3. The summed E-state index contributed by atoms with van der Waals surface area (Å²) in [4.78, 5) is 11.8. The summed E-state index contributed by atoms with van der Waals surface area (Å²) in [5.74, 6) is 0.407. The first-order valence-corrected chi connectivity index (χ1v) is 8.01. The molecule has 7 heteroatoms. The van der Waals surface area contributed by atoms with E-state index < -0.39 is 6.61 Å². The van der Waals surface area contributed by atoms with Gasteiger partial charge in [-0.25, -0.2) is 0 Å². The molecule has 0 heterocycles. The Bertz CT molecular complexity index is 682. The first-order valence-electron chi connectivity index (χ1n) is 7.22. The normalized spacial score (nSPS) is 10.5. The van der Waals surface area contributed by atoms with Crippen molar-refractivity contribution >= 4 is 21.8 Å². The Morgan fingerprint density at radius 2 is 1.96 bits per heavy atom. The second-order valence-corrected chi connectivity index (χ2v) is 5.75. The summed E-state index contributed by atoms with van der Waals surface area (Å²) in [6.07, 6.45) is 0.380. The second kappa shape index (κ2) is 9.22. The molecule has 128 valence electrons. The second-order valence-electron chi connectivity index (χ2n) is 4.83. The monoisotopic (exact) mass is 399 g/mol. The third kappa shape index (κ3) is 6.16. The topological polar surface area (TPSA) is 47.6 Å². The van der Waals surface area contributed by atoms with Crippen LogP contribution in [0.5, 0.6) is 11.5 Å². The van der Waals surface area contributed by atoms with Crippen LogP contribution in [0, 0.1) is 0 Å². The SMILES string of the molecule is O=C(COc1cccc(Br)c1)NCCc1ccccc1OC(F)F. The molecule has 0 aliphatic carbocycles. The fourth-order valence-corrected chi connectivity index (χ4v) is 2.39. The Hall–Kier alpha value is -2.15. The van der Waals surface area contributed by atoms with Crippen molar-refractivity contribution in [2.45, 2.75) is 13.0 Å². The zero-order valence-corrected chi connectivity index (χ0v) is 14.3. The highest BCUT2D eigenvalue weighted by atomic mass is 79.9. The Labute approximate surface area is 146 Å². The molecule has 0 radical (unpaired) electrons. The van der Waals surface area contributed by atoms with Crippen molar-refractivity contribution in [2.24, 2.45) is 0 Å². The molecule has 0 aliphatic heterocycles. The van der Waals surface area contributed by atoms with Crippen LogP contribution in [0.4, 0.5) is 8.78 Å². The average Bonchev–Trinajstić information content (AvgIpc) is 2.54. The van der Waals surface area contributed by atoms with Crippen LogP contribution in [0.15, 0.2) is 53.0 Å². The first-order chi connectivity index (χ1) is 11.5. The summed E-state index contributed by atoms with van der Waals surface area (Å²) in [6, 6.07) is 13.7. The van der Waals surface area contributed by atoms with E-state index in [0.717, 1.165) is 4.47 Å². The van der Waals surface area contributed by atoms with E-state index in [-0.39, 0.29) is 18.3 Å². The van der Waals surface area contributed by atoms with Gasteiger partial charge in [-0.05, 0) is 36.2 Å². The van der Waals surface area contributed by atoms with Crippen LogP contribution >= 0.6 is 15.9 Å². The molecule has 2 aromatic carbocycles. The third-order valence-corrected chi connectivity index (χ3v) is 3.56. The molecule has 0 fully saturated rings. The Kier molecular flexibility index (Phi) is 6.99. The standard InChI is InChI=1S/C17H16BrF2NO3/c18-13-5-3-6-14(10-13)23-11-16(22)21-9-8-12-4-1-2-7-15(12)24-17(19)20/h1-7,10,17H,8-9,11H2,(H,21,22). The minimum absolute atomic E-state index is 0.118. The minimum atomic E-state index is -2.88. The van der Waals surface area contributed by atoms with Crippen molar-refractivity contribution in [3.8, 4) is 11.5 Å². The number of carbonyl (C=O) groups is 1. The molecule has 1 amide bonds. The molecule has 0 spiro atoms. The lowest BCUT2D eigenvalue weighted by Crippen LogP contribution is -2.30. The minimum Gasteiger partial charge on any atom is -0.484 e. The van der Waals surface area contributed by atoms with Crippen molar-refractivity contribution < 1.29 is 23.0 Å². The molecule has 1 N–H and O–H groups in total. The van der Waals surface area contributed by atoms with Crippen LogP contribution < -0.4 is 14.8 Å². The number of hydrogen-bond donors (Lipinski definition) is 1. The van der Waals surface area contributed by atoms with E-state index in [1.807, 2.05) is 6.07 Å². The Morgan fingerprint density at radius 3 is 2.71 bits per heavy atom. The number of nitrogens with one attached hydrogen (secondary N) is 1. The molecule has 24 heavy (non-hydrogen) atoms. The molecule has 0 unspecified atom stereocenters. The van der Waals surface area contributed by atoms with Gasteiger partial charge in [0.2, 0.25) is 0 Å². The van der Waals surface area contributed by atoms with Gasteiger partial charge in [0.05, 0.1) is 0 Å². The first kappa shape index (κ1) is 18.2. The van der Waals surface area contributed by atoms with Crippen LogP contribution in [0.25, 0.3) is 0 Å². The summed E-state index contributed by atoms with van der Waals surface area (Å²) in [6.45, 7) is -2.70. The molecule has 2 aromatic rings. The van der Waals surface area contributed by atoms with E-state index in [4.69, 9.17) is 4.74 Å². The molecule has 0 aromatic heterocycles. The lowest BCUT2D eigenvalue weighted by atomic mass is 10.1. The van der Waals surface area contributed by atoms with E-state index in [9.17, 15) is 13.6 Å². The van der Waals surface area contributed by atoms with E-state index >= 15 is 0 Å². The van der Waals surface area contributed by atoms with Crippen molar-refractivity contribution in [1.29, 1.82) is 0 Å². The maximum Gasteiger partial charge on any atom is 0.387 e. The van der Waals surface area contributed by atoms with Gasteiger partial charge in [0.25, 0.3) is 5.91 Å². The lowest BCUT2D eigenvalue weighted by molar-refractivity contribution is -0.123. The highest BCUT2D eigenvalue weighted by Crippen LogP contribution is 2.20. The van der Waals surface area contributed by atoms with Gasteiger partial charge in [0, 0.05) is 11.0 Å². The predicted molar refractivity (Wildman–Crippen MR) is 89.4 cm³/mol. The number of rotatable bonds is 8.